The van der Waals surface area contributed by atoms with E-state index in [0.29, 0.717) is 5.69 Å². The first-order chi connectivity index (χ1) is 8.68. The maximum Gasteiger partial charge on any atom is 0.200 e. The zero-order valence-corrected chi connectivity index (χ0v) is 10.0. The average Bonchev–Trinajstić information content (AvgIpc) is 2.39. The van der Waals surface area contributed by atoms with Crippen LogP contribution in [0.15, 0.2) is 59.6 Å². The fraction of sp³-hybridized carbons (Fsp3) is 0.0714. The van der Waals surface area contributed by atoms with Crippen LogP contribution in [-0.2, 0) is 0 Å². The fourth-order valence-electron chi connectivity index (χ4n) is 1.56. The number of halogens is 1. The lowest BCUT2D eigenvalue weighted by atomic mass is 10.3. The van der Waals surface area contributed by atoms with Gasteiger partial charge in [-0.05, 0) is 24.3 Å². The van der Waals surface area contributed by atoms with Crippen molar-refractivity contribution in [1.82, 2.24) is 0 Å². The van der Waals surface area contributed by atoms with Crippen molar-refractivity contribution in [2.45, 2.75) is 0 Å². The predicted octanol–water partition coefficient (Wildman–Crippen LogP) is 2.91. The summed E-state index contributed by atoms with van der Waals surface area (Å²) in [5.41, 5.74) is 6.99. The number of benzene rings is 2. The number of hydrogen-bond donors (Lipinski definition) is 1. The van der Waals surface area contributed by atoms with Crippen LogP contribution < -0.4 is 10.6 Å². The second-order valence-electron chi connectivity index (χ2n) is 3.82. The maximum atomic E-state index is 13.6. The van der Waals surface area contributed by atoms with E-state index < -0.39 is 0 Å². The molecule has 0 aromatic heterocycles. The van der Waals surface area contributed by atoms with Gasteiger partial charge in [-0.2, -0.15) is 0 Å². The number of hydrogen-bond acceptors (Lipinski definition) is 1. The lowest BCUT2D eigenvalue weighted by Crippen LogP contribution is -2.34. The van der Waals surface area contributed by atoms with Crippen molar-refractivity contribution in [3.05, 3.63) is 60.4 Å². The zero-order chi connectivity index (χ0) is 13.0. The van der Waals surface area contributed by atoms with E-state index in [1.165, 1.54) is 11.0 Å². The van der Waals surface area contributed by atoms with E-state index >= 15 is 0 Å². The number of guanidine groups is 1. The van der Waals surface area contributed by atoms with E-state index in [2.05, 4.69) is 4.99 Å². The molecular formula is C14H14FN3. The van der Waals surface area contributed by atoms with Gasteiger partial charge < -0.3 is 10.6 Å². The van der Waals surface area contributed by atoms with Crippen LogP contribution in [0.25, 0.3) is 0 Å². The van der Waals surface area contributed by atoms with Crippen molar-refractivity contribution in [3.63, 3.8) is 0 Å². The lowest BCUT2D eigenvalue weighted by molar-refractivity contribution is 0.628. The van der Waals surface area contributed by atoms with Gasteiger partial charge in [0, 0.05) is 7.05 Å². The van der Waals surface area contributed by atoms with Crippen molar-refractivity contribution in [2.24, 2.45) is 10.7 Å². The van der Waals surface area contributed by atoms with E-state index in [1.54, 1.807) is 25.2 Å². The molecule has 0 aliphatic heterocycles. The Kier molecular flexibility index (Phi) is 3.57. The van der Waals surface area contributed by atoms with Crippen LogP contribution >= 0.6 is 0 Å². The summed E-state index contributed by atoms with van der Waals surface area (Å²) in [5.74, 6) is -0.0856. The second-order valence-corrected chi connectivity index (χ2v) is 3.82. The van der Waals surface area contributed by atoms with E-state index in [9.17, 15) is 4.39 Å². The van der Waals surface area contributed by atoms with Gasteiger partial charge in [-0.3, -0.25) is 0 Å². The standard InChI is InChI=1S/C14H14FN3/c1-18(13-10-6-5-9-12(13)15)14(16)17-11-7-3-2-4-8-11/h2-10H,1H3,(H2,16,17). The molecule has 2 rings (SSSR count). The molecule has 2 aromatic rings. The largest absolute Gasteiger partial charge is 0.369 e. The third-order valence-corrected chi connectivity index (χ3v) is 2.56. The van der Waals surface area contributed by atoms with E-state index in [1.807, 2.05) is 30.3 Å². The molecule has 0 bridgehead atoms. The first-order valence-electron chi connectivity index (χ1n) is 5.56. The Morgan fingerprint density at radius 1 is 1.06 bits per heavy atom. The van der Waals surface area contributed by atoms with Gasteiger partial charge in [0.05, 0.1) is 11.4 Å². The average molecular weight is 243 g/mol. The summed E-state index contributed by atoms with van der Waals surface area (Å²) in [6.45, 7) is 0. The minimum absolute atomic E-state index is 0.242. The molecule has 0 aliphatic rings. The fourth-order valence-corrected chi connectivity index (χ4v) is 1.56. The Labute approximate surface area is 105 Å². The van der Waals surface area contributed by atoms with Crippen molar-refractivity contribution in [1.29, 1.82) is 0 Å². The first-order valence-corrected chi connectivity index (χ1v) is 5.56. The molecule has 0 radical (unpaired) electrons. The molecule has 0 unspecified atom stereocenters. The third-order valence-electron chi connectivity index (χ3n) is 2.56. The summed E-state index contributed by atoms with van der Waals surface area (Å²) in [4.78, 5) is 5.75. The maximum absolute atomic E-state index is 13.6. The van der Waals surface area contributed by atoms with E-state index in [4.69, 9.17) is 5.73 Å². The summed E-state index contributed by atoms with van der Waals surface area (Å²) in [6.07, 6.45) is 0. The molecule has 4 heteroatoms. The monoisotopic (exact) mass is 243 g/mol. The Morgan fingerprint density at radius 3 is 2.33 bits per heavy atom. The van der Waals surface area contributed by atoms with Crippen LogP contribution in [0.4, 0.5) is 15.8 Å². The number of nitrogens with two attached hydrogens (primary N) is 1. The zero-order valence-electron chi connectivity index (χ0n) is 10.0. The smallest absolute Gasteiger partial charge is 0.200 e. The minimum atomic E-state index is -0.328. The van der Waals surface area contributed by atoms with Crippen LogP contribution in [0.1, 0.15) is 0 Å². The van der Waals surface area contributed by atoms with Crippen molar-refractivity contribution in [2.75, 3.05) is 11.9 Å². The number of rotatable bonds is 2. The molecule has 0 saturated heterocycles. The number of nitrogens with zero attached hydrogens (tertiary/aromatic N) is 2. The number of para-hydroxylation sites is 2. The Balaban J connectivity index is 2.27. The minimum Gasteiger partial charge on any atom is -0.369 e. The van der Waals surface area contributed by atoms with Gasteiger partial charge in [0.25, 0.3) is 0 Å². The summed E-state index contributed by atoms with van der Waals surface area (Å²) >= 11 is 0. The molecule has 0 spiro atoms. The van der Waals surface area contributed by atoms with Gasteiger partial charge in [-0.15, -0.1) is 0 Å². The van der Waals surface area contributed by atoms with E-state index in [-0.39, 0.29) is 11.8 Å². The van der Waals surface area contributed by atoms with Gasteiger partial charge in [-0.25, -0.2) is 9.38 Å². The van der Waals surface area contributed by atoms with Gasteiger partial charge >= 0.3 is 0 Å². The lowest BCUT2D eigenvalue weighted by Gasteiger charge is -2.18. The van der Waals surface area contributed by atoms with Crippen molar-refractivity contribution >= 4 is 17.3 Å². The number of anilines is 1. The van der Waals surface area contributed by atoms with Gasteiger partial charge in [0.2, 0.25) is 5.96 Å². The molecule has 0 saturated carbocycles. The third kappa shape index (κ3) is 2.66. The molecule has 0 atom stereocenters. The van der Waals surface area contributed by atoms with Crippen LogP contribution in [0, 0.1) is 5.82 Å². The van der Waals surface area contributed by atoms with Crippen LogP contribution in [0.3, 0.4) is 0 Å². The molecule has 2 aromatic carbocycles. The highest BCUT2D eigenvalue weighted by atomic mass is 19.1. The molecule has 0 fully saturated rings. The van der Waals surface area contributed by atoms with Crippen molar-refractivity contribution in [3.8, 4) is 0 Å². The molecule has 92 valence electrons. The normalized spacial score (nSPS) is 11.3. The Hall–Kier alpha value is -2.36. The molecule has 0 aliphatic carbocycles. The predicted molar refractivity (Wildman–Crippen MR) is 72.5 cm³/mol. The van der Waals surface area contributed by atoms with Crippen LogP contribution in [0.5, 0.6) is 0 Å². The topological polar surface area (TPSA) is 41.6 Å². The second kappa shape index (κ2) is 5.31. The SMILES string of the molecule is CN(C(N)=Nc1ccccc1)c1ccccc1F. The summed E-state index contributed by atoms with van der Waals surface area (Å²) in [7, 11) is 1.68. The quantitative estimate of drug-likeness (QED) is 0.651. The van der Waals surface area contributed by atoms with Crippen molar-refractivity contribution < 1.29 is 4.39 Å². The van der Waals surface area contributed by atoms with Gasteiger partial charge in [0.15, 0.2) is 0 Å². The summed E-state index contributed by atoms with van der Waals surface area (Å²) in [5, 5.41) is 0. The highest BCUT2D eigenvalue weighted by Gasteiger charge is 2.09. The van der Waals surface area contributed by atoms with Crippen LogP contribution in [-0.4, -0.2) is 13.0 Å². The molecule has 0 amide bonds. The Morgan fingerprint density at radius 2 is 1.67 bits per heavy atom. The van der Waals surface area contributed by atoms with Crippen LogP contribution in [0.2, 0.25) is 0 Å². The summed E-state index contributed by atoms with van der Waals surface area (Å²) in [6, 6.07) is 15.7. The molecule has 0 heterocycles. The Bertz CT molecular complexity index is 552. The highest BCUT2D eigenvalue weighted by molar-refractivity contribution is 5.95. The summed E-state index contributed by atoms with van der Waals surface area (Å²) < 4.78 is 13.6. The van der Waals surface area contributed by atoms with Gasteiger partial charge in [-0.1, -0.05) is 30.3 Å². The van der Waals surface area contributed by atoms with E-state index in [0.717, 1.165) is 5.69 Å². The highest BCUT2D eigenvalue weighted by Crippen LogP contribution is 2.18. The molecule has 2 N–H and O–H groups in total. The molecular weight excluding hydrogens is 229 g/mol. The number of aliphatic imine (C=N–C) groups is 1. The van der Waals surface area contributed by atoms with Gasteiger partial charge in [0.1, 0.15) is 5.82 Å². The molecule has 18 heavy (non-hydrogen) atoms. The first kappa shape index (κ1) is 12.1. The molecule has 3 nitrogen and oxygen atoms in total.